The van der Waals surface area contributed by atoms with E-state index in [-0.39, 0.29) is 5.95 Å². The van der Waals surface area contributed by atoms with Gasteiger partial charge in [0.2, 0.25) is 5.95 Å². The molecule has 1 aliphatic carbocycles. The van der Waals surface area contributed by atoms with E-state index in [1.807, 2.05) is 44.2 Å². The van der Waals surface area contributed by atoms with Gasteiger partial charge in [-0.2, -0.15) is 0 Å². The fourth-order valence-electron chi connectivity index (χ4n) is 2.58. The third-order valence-corrected chi connectivity index (χ3v) is 5.02. The number of hydrogen-bond acceptors (Lipinski definition) is 5. The highest BCUT2D eigenvalue weighted by Gasteiger charge is 2.21. The molecule has 2 N–H and O–H groups in total. The van der Waals surface area contributed by atoms with Gasteiger partial charge < -0.3 is 0 Å². The van der Waals surface area contributed by atoms with Crippen LogP contribution >= 0.6 is 0 Å². The molecule has 1 aromatic heterocycles. The van der Waals surface area contributed by atoms with Crippen molar-refractivity contribution >= 4 is 22.0 Å². The maximum absolute atomic E-state index is 12.4. The molecular weight excluding hydrogens is 312 g/mol. The summed E-state index contributed by atoms with van der Waals surface area (Å²) in [5, 5.41) is 0. The highest BCUT2D eigenvalue weighted by Crippen LogP contribution is 2.26. The van der Waals surface area contributed by atoms with Crippen molar-refractivity contribution in [2.75, 3.05) is 5.43 Å². The zero-order valence-corrected chi connectivity index (χ0v) is 13.8. The number of sulfonamides is 1. The molecule has 1 aromatic carbocycles. The van der Waals surface area contributed by atoms with Crippen LogP contribution < -0.4 is 10.3 Å². The minimum Gasteiger partial charge on any atom is -0.276 e. The number of anilines is 1. The SMILES string of the molecule is Cc1cc(C)nc(NNS(=O)(=O)C2=Cc3ccccc3CC2)n1. The van der Waals surface area contributed by atoms with Crippen molar-refractivity contribution in [2.45, 2.75) is 26.7 Å². The summed E-state index contributed by atoms with van der Waals surface area (Å²) in [6, 6.07) is 9.62. The van der Waals surface area contributed by atoms with Crippen molar-refractivity contribution in [2.24, 2.45) is 0 Å². The van der Waals surface area contributed by atoms with Gasteiger partial charge in [-0.25, -0.2) is 18.4 Å². The van der Waals surface area contributed by atoms with Crippen molar-refractivity contribution < 1.29 is 8.42 Å². The van der Waals surface area contributed by atoms with Gasteiger partial charge in [-0.05, 0) is 50.0 Å². The molecule has 0 saturated carbocycles. The van der Waals surface area contributed by atoms with Crippen molar-refractivity contribution in [3.05, 3.63) is 57.8 Å². The van der Waals surface area contributed by atoms with Gasteiger partial charge in [0.25, 0.3) is 10.0 Å². The van der Waals surface area contributed by atoms with Gasteiger partial charge in [0.1, 0.15) is 0 Å². The van der Waals surface area contributed by atoms with E-state index in [4.69, 9.17) is 0 Å². The van der Waals surface area contributed by atoms with Crippen LogP contribution in [0.4, 0.5) is 5.95 Å². The number of aryl methyl sites for hydroxylation is 3. The molecular formula is C16H18N4O2S. The summed E-state index contributed by atoms with van der Waals surface area (Å²) in [5.74, 6) is 0.239. The van der Waals surface area contributed by atoms with Gasteiger partial charge >= 0.3 is 0 Å². The second-order valence-electron chi connectivity index (χ2n) is 5.51. The zero-order chi connectivity index (χ0) is 16.4. The molecule has 1 aliphatic rings. The second-order valence-corrected chi connectivity index (χ2v) is 7.25. The molecule has 23 heavy (non-hydrogen) atoms. The molecule has 0 amide bonds. The summed E-state index contributed by atoms with van der Waals surface area (Å²) < 4.78 is 24.9. The molecule has 0 unspecified atom stereocenters. The Bertz CT molecular complexity index is 855. The Labute approximate surface area is 135 Å². The highest BCUT2D eigenvalue weighted by molar-refractivity contribution is 7.93. The number of nitrogens with zero attached hydrogens (tertiary/aromatic N) is 2. The van der Waals surface area contributed by atoms with E-state index >= 15 is 0 Å². The van der Waals surface area contributed by atoms with E-state index in [1.54, 1.807) is 6.08 Å². The number of allylic oxidation sites excluding steroid dienone is 1. The molecule has 0 radical (unpaired) electrons. The lowest BCUT2D eigenvalue weighted by atomic mass is 9.98. The Balaban J connectivity index is 1.79. The number of rotatable bonds is 4. The Morgan fingerprint density at radius 2 is 1.74 bits per heavy atom. The standard InChI is InChI=1S/C16H18N4O2S/c1-11-9-12(2)18-16(17-11)19-20-23(21,22)15-8-7-13-5-3-4-6-14(13)10-15/h3-6,9-10,20H,7-8H2,1-2H3,(H,17,18,19). The van der Waals surface area contributed by atoms with Gasteiger partial charge in [-0.15, -0.1) is 4.83 Å². The first-order valence-electron chi connectivity index (χ1n) is 7.33. The molecule has 0 aliphatic heterocycles. The topological polar surface area (TPSA) is 84.0 Å². The quantitative estimate of drug-likeness (QED) is 0.841. The number of aromatic nitrogens is 2. The fourth-order valence-corrected chi connectivity index (χ4v) is 3.59. The molecule has 7 heteroatoms. The first-order chi connectivity index (χ1) is 10.9. The molecule has 6 nitrogen and oxygen atoms in total. The highest BCUT2D eigenvalue weighted by atomic mass is 32.2. The number of benzene rings is 1. The maximum atomic E-state index is 12.4. The molecule has 1 heterocycles. The van der Waals surface area contributed by atoms with Gasteiger partial charge in [0, 0.05) is 11.4 Å². The number of hydrogen-bond donors (Lipinski definition) is 2. The molecule has 3 rings (SSSR count). The van der Waals surface area contributed by atoms with Crippen LogP contribution in [0.1, 0.15) is 28.9 Å². The predicted octanol–water partition coefficient (Wildman–Crippen LogP) is 2.33. The first kappa shape index (κ1) is 15.6. The van der Waals surface area contributed by atoms with E-state index in [0.717, 1.165) is 22.5 Å². The van der Waals surface area contributed by atoms with Crippen LogP contribution in [-0.2, 0) is 16.4 Å². The first-order valence-corrected chi connectivity index (χ1v) is 8.81. The second kappa shape index (κ2) is 6.10. The summed E-state index contributed by atoms with van der Waals surface area (Å²) in [5.41, 5.74) is 6.23. The van der Waals surface area contributed by atoms with Gasteiger partial charge in [0.15, 0.2) is 0 Å². The Hall–Kier alpha value is -2.25. The average molecular weight is 330 g/mol. The summed E-state index contributed by atoms with van der Waals surface area (Å²) in [4.78, 5) is 11.0. The molecule has 0 saturated heterocycles. The smallest absolute Gasteiger partial charge is 0.253 e. The summed E-state index contributed by atoms with van der Waals surface area (Å²) in [6.45, 7) is 3.66. The number of hydrazine groups is 1. The van der Waals surface area contributed by atoms with E-state index in [2.05, 4.69) is 20.2 Å². The molecule has 0 bridgehead atoms. The number of nitrogens with one attached hydrogen (secondary N) is 2. The lowest BCUT2D eigenvalue weighted by Gasteiger charge is -2.17. The Morgan fingerprint density at radius 3 is 2.48 bits per heavy atom. The van der Waals surface area contributed by atoms with Crippen LogP contribution in [-0.4, -0.2) is 18.4 Å². The summed E-state index contributed by atoms with van der Waals surface area (Å²) in [6.07, 6.45) is 2.90. The van der Waals surface area contributed by atoms with E-state index in [9.17, 15) is 8.42 Å². The molecule has 0 atom stereocenters. The van der Waals surface area contributed by atoms with Crippen LogP contribution in [0.5, 0.6) is 0 Å². The van der Waals surface area contributed by atoms with Crippen molar-refractivity contribution in [3.63, 3.8) is 0 Å². The van der Waals surface area contributed by atoms with E-state index < -0.39 is 10.0 Å². The summed E-state index contributed by atoms with van der Waals surface area (Å²) in [7, 11) is -3.63. The third-order valence-electron chi connectivity index (χ3n) is 3.64. The Morgan fingerprint density at radius 1 is 1.04 bits per heavy atom. The van der Waals surface area contributed by atoms with Gasteiger partial charge in [-0.3, -0.25) is 5.43 Å². The van der Waals surface area contributed by atoms with Gasteiger partial charge in [-0.1, -0.05) is 24.3 Å². The molecule has 0 fully saturated rings. The fraction of sp³-hybridized carbons (Fsp3) is 0.250. The lowest BCUT2D eigenvalue weighted by molar-refractivity contribution is 0.591. The molecule has 2 aromatic rings. The largest absolute Gasteiger partial charge is 0.276 e. The van der Waals surface area contributed by atoms with Crippen LogP contribution in [0.15, 0.2) is 35.2 Å². The predicted molar refractivity (Wildman–Crippen MR) is 89.9 cm³/mol. The molecule has 0 spiro atoms. The summed E-state index contributed by atoms with van der Waals surface area (Å²) >= 11 is 0. The minimum atomic E-state index is -3.63. The van der Waals surface area contributed by atoms with Crippen LogP contribution in [0.25, 0.3) is 6.08 Å². The van der Waals surface area contributed by atoms with E-state index in [0.29, 0.717) is 17.7 Å². The van der Waals surface area contributed by atoms with Gasteiger partial charge in [0.05, 0.1) is 4.91 Å². The minimum absolute atomic E-state index is 0.239. The van der Waals surface area contributed by atoms with Crippen molar-refractivity contribution in [1.29, 1.82) is 0 Å². The monoisotopic (exact) mass is 330 g/mol. The average Bonchev–Trinajstić information content (AvgIpc) is 2.52. The maximum Gasteiger partial charge on any atom is 0.253 e. The lowest BCUT2D eigenvalue weighted by Crippen LogP contribution is -2.32. The Kier molecular flexibility index (Phi) is 4.14. The zero-order valence-electron chi connectivity index (χ0n) is 13.0. The van der Waals surface area contributed by atoms with Crippen LogP contribution in [0.2, 0.25) is 0 Å². The normalized spacial score (nSPS) is 14.1. The third kappa shape index (κ3) is 3.57. The molecule has 120 valence electrons. The van der Waals surface area contributed by atoms with Crippen LogP contribution in [0.3, 0.4) is 0 Å². The van der Waals surface area contributed by atoms with Crippen molar-refractivity contribution in [3.8, 4) is 0 Å². The van der Waals surface area contributed by atoms with E-state index in [1.165, 1.54) is 0 Å². The van der Waals surface area contributed by atoms with Crippen LogP contribution in [0, 0.1) is 13.8 Å². The number of fused-ring (bicyclic) bond motifs is 1. The van der Waals surface area contributed by atoms with Crippen molar-refractivity contribution in [1.82, 2.24) is 14.8 Å².